The fourth-order valence-electron chi connectivity index (χ4n) is 1.14. The highest BCUT2D eigenvalue weighted by Crippen LogP contribution is 2.47. The van der Waals surface area contributed by atoms with Crippen molar-refractivity contribution in [2.24, 2.45) is 5.92 Å². The summed E-state index contributed by atoms with van der Waals surface area (Å²) in [5.41, 5.74) is 0. The molecule has 2 atom stereocenters. The van der Waals surface area contributed by atoms with Crippen LogP contribution in [0.1, 0.15) is 34.1 Å². The second-order valence-electron chi connectivity index (χ2n) is 3.07. The minimum absolute atomic E-state index is 0.101. The molecular formula is C7H8N2O2S. The number of aromatic nitrogens is 2. The van der Waals surface area contributed by atoms with E-state index in [0.717, 1.165) is 11.4 Å². The summed E-state index contributed by atoms with van der Waals surface area (Å²) in [6.07, 6.45) is 1.12. The Balaban J connectivity index is 2.19. The molecule has 0 bridgehead atoms. The van der Waals surface area contributed by atoms with Gasteiger partial charge in [0.15, 0.2) is 0 Å². The number of hydrogen-bond acceptors (Lipinski definition) is 4. The first kappa shape index (κ1) is 7.67. The van der Waals surface area contributed by atoms with Crippen molar-refractivity contribution in [3.8, 4) is 0 Å². The average Bonchev–Trinajstić information content (AvgIpc) is 2.59. The summed E-state index contributed by atoms with van der Waals surface area (Å²) >= 11 is 1.19. The highest BCUT2D eigenvalue weighted by molar-refractivity contribution is 7.13. The summed E-state index contributed by atoms with van der Waals surface area (Å²) in [4.78, 5) is 10.4. The van der Waals surface area contributed by atoms with Gasteiger partial charge in [0.1, 0.15) is 5.01 Å². The van der Waals surface area contributed by atoms with Gasteiger partial charge in [-0.15, -0.1) is 10.2 Å². The van der Waals surface area contributed by atoms with Gasteiger partial charge in [0.05, 0.1) is 0 Å². The van der Waals surface area contributed by atoms with Crippen LogP contribution in [0, 0.1) is 5.92 Å². The molecule has 1 N–H and O–H groups in total. The predicted octanol–water partition coefficient (Wildman–Crippen LogP) is 1.36. The molecule has 0 saturated heterocycles. The van der Waals surface area contributed by atoms with E-state index in [1.165, 1.54) is 11.3 Å². The zero-order chi connectivity index (χ0) is 8.72. The van der Waals surface area contributed by atoms with Crippen molar-refractivity contribution in [3.05, 3.63) is 10.0 Å². The second-order valence-corrected chi connectivity index (χ2v) is 4.08. The topological polar surface area (TPSA) is 63.1 Å². The van der Waals surface area contributed by atoms with Gasteiger partial charge < -0.3 is 5.11 Å². The molecule has 4 nitrogen and oxygen atoms in total. The summed E-state index contributed by atoms with van der Waals surface area (Å²) in [5.74, 6) is 0.141. The Morgan fingerprint density at radius 2 is 2.33 bits per heavy atom. The molecule has 1 aliphatic carbocycles. The molecule has 0 radical (unpaired) electrons. The normalized spacial score (nSPS) is 27.1. The number of carbonyl (C=O) groups is 1. The molecule has 0 aliphatic heterocycles. The zero-order valence-electron chi connectivity index (χ0n) is 6.52. The molecule has 0 aromatic carbocycles. The highest BCUT2D eigenvalue weighted by atomic mass is 32.1. The summed E-state index contributed by atoms with van der Waals surface area (Å²) in [7, 11) is 0. The Bertz CT molecular complexity index is 323. The van der Waals surface area contributed by atoms with E-state index in [-0.39, 0.29) is 5.01 Å². The number of carboxylic acid groups (broad SMARTS) is 1. The number of carboxylic acids is 1. The van der Waals surface area contributed by atoms with Crippen molar-refractivity contribution in [3.63, 3.8) is 0 Å². The molecule has 12 heavy (non-hydrogen) atoms. The van der Waals surface area contributed by atoms with Crippen LogP contribution in [0.5, 0.6) is 0 Å². The standard InChI is InChI=1S/C7H8N2O2S/c1-3-2-4(3)5-8-9-6(12-5)7(10)11/h3-4H,2H2,1H3,(H,10,11). The molecule has 1 fully saturated rings. The molecular weight excluding hydrogens is 176 g/mol. The highest BCUT2D eigenvalue weighted by Gasteiger charge is 2.37. The monoisotopic (exact) mass is 184 g/mol. The van der Waals surface area contributed by atoms with Crippen molar-refractivity contribution >= 4 is 17.3 Å². The molecule has 1 aliphatic rings. The predicted molar refractivity (Wildman–Crippen MR) is 43.4 cm³/mol. The van der Waals surface area contributed by atoms with Crippen molar-refractivity contribution in [1.82, 2.24) is 10.2 Å². The molecule has 0 amide bonds. The lowest BCUT2D eigenvalue weighted by atomic mass is 10.4. The Morgan fingerprint density at radius 3 is 2.75 bits per heavy atom. The number of rotatable bonds is 2. The molecule has 64 valence electrons. The lowest BCUT2D eigenvalue weighted by Crippen LogP contribution is -1.93. The van der Waals surface area contributed by atoms with Gasteiger partial charge in [-0.25, -0.2) is 4.79 Å². The zero-order valence-corrected chi connectivity index (χ0v) is 7.34. The quantitative estimate of drug-likeness (QED) is 0.753. The smallest absolute Gasteiger partial charge is 0.367 e. The van der Waals surface area contributed by atoms with E-state index in [4.69, 9.17) is 5.11 Å². The Kier molecular flexibility index (Phi) is 1.61. The molecule has 1 aromatic rings. The van der Waals surface area contributed by atoms with Gasteiger partial charge in [-0.2, -0.15) is 0 Å². The van der Waals surface area contributed by atoms with Crippen LogP contribution < -0.4 is 0 Å². The number of aromatic carboxylic acids is 1. The maximum atomic E-state index is 10.4. The minimum atomic E-state index is -0.980. The van der Waals surface area contributed by atoms with Crippen LogP contribution >= 0.6 is 11.3 Å². The molecule has 2 unspecified atom stereocenters. The molecule has 0 spiro atoms. The van der Waals surface area contributed by atoms with Gasteiger partial charge in [-0.05, 0) is 12.3 Å². The maximum absolute atomic E-state index is 10.4. The van der Waals surface area contributed by atoms with E-state index in [1.54, 1.807) is 0 Å². The van der Waals surface area contributed by atoms with E-state index in [9.17, 15) is 4.79 Å². The lowest BCUT2D eigenvalue weighted by molar-refractivity contribution is 0.0695. The van der Waals surface area contributed by atoms with Crippen molar-refractivity contribution in [2.75, 3.05) is 0 Å². The minimum Gasteiger partial charge on any atom is -0.476 e. The van der Waals surface area contributed by atoms with Gasteiger partial charge in [0.2, 0.25) is 5.01 Å². The maximum Gasteiger partial charge on any atom is 0.367 e. The summed E-state index contributed by atoms with van der Waals surface area (Å²) in [5, 5.41) is 17.0. The number of hydrogen-bond donors (Lipinski definition) is 1. The second kappa shape index (κ2) is 2.52. The van der Waals surface area contributed by atoms with Gasteiger partial charge >= 0.3 is 5.97 Å². The van der Waals surface area contributed by atoms with Gasteiger partial charge in [-0.3, -0.25) is 0 Å². The van der Waals surface area contributed by atoms with E-state index in [1.807, 2.05) is 0 Å². The van der Waals surface area contributed by atoms with Crippen LogP contribution in [0.2, 0.25) is 0 Å². The number of nitrogens with zero attached hydrogens (tertiary/aromatic N) is 2. The van der Waals surface area contributed by atoms with Crippen molar-refractivity contribution < 1.29 is 9.90 Å². The summed E-state index contributed by atoms with van der Waals surface area (Å²) in [6.45, 7) is 2.13. The largest absolute Gasteiger partial charge is 0.476 e. The van der Waals surface area contributed by atoms with E-state index >= 15 is 0 Å². The van der Waals surface area contributed by atoms with Crippen LogP contribution in [-0.2, 0) is 0 Å². The van der Waals surface area contributed by atoms with Crippen LogP contribution in [-0.4, -0.2) is 21.3 Å². The van der Waals surface area contributed by atoms with Crippen molar-refractivity contribution in [1.29, 1.82) is 0 Å². The first-order chi connectivity index (χ1) is 5.68. The Hall–Kier alpha value is -0.970. The third-order valence-electron chi connectivity index (χ3n) is 2.05. The Morgan fingerprint density at radius 1 is 1.67 bits per heavy atom. The van der Waals surface area contributed by atoms with E-state index < -0.39 is 5.97 Å². The molecule has 5 heteroatoms. The van der Waals surface area contributed by atoms with Gasteiger partial charge in [0.25, 0.3) is 0 Å². The van der Waals surface area contributed by atoms with Crippen molar-refractivity contribution in [2.45, 2.75) is 19.3 Å². The van der Waals surface area contributed by atoms with Crippen LogP contribution in [0.15, 0.2) is 0 Å². The average molecular weight is 184 g/mol. The van der Waals surface area contributed by atoms with Crippen LogP contribution in [0.25, 0.3) is 0 Å². The third-order valence-corrected chi connectivity index (χ3v) is 3.09. The van der Waals surface area contributed by atoms with Crippen LogP contribution in [0.4, 0.5) is 0 Å². The van der Waals surface area contributed by atoms with Gasteiger partial charge in [-0.1, -0.05) is 18.3 Å². The van der Waals surface area contributed by atoms with E-state index in [2.05, 4.69) is 17.1 Å². The Labute approximate surface area is 73.3 Å². The van der Waals surface area contributed by atoms with Crippen LogP contribution in [0.3, 0.4) is 0 Å². The third kappa shape index (κ3) is 1.20. The fourth-order valence-corrected chi connectivity index (χ4v) is 2.07. The lowest BCUT2D eigenvalue weighted by Gasteiger charge is -1.83. The molecule has 1 heterocycles. The van der Waals surface area contributed by atoms with E-state index in [0.29, 0.717) is 11.8 Å². The molecule has 1 aromatic heterocycles. The first-order valence-corrected chi connectivity index (χ1v) is 4.57. The fraction of sp³-hybridized carbons (Fsp3) is 0.571. The summed E-state index contributed by atoms with van der Waals surface area (Å²) < 4.78 is 0. The first-order valence-electron chi connectivity index (χ1n) is 3.75. The van der Waals surface area contributed by atoms with Gasteiger partial charge in [0, 0.05) is 5.92 Å². The summed E-state index contributed by atoms with van der Waals surface area (Å²) in [6, 6.07) is 0. The molecule has 1 saturated carbocycles. The SMILES string of the molecule is CC1CC1c1nnc(C(=O)O)s1. The molecule has 2 rings (SSSR count).